The normalized spacial score (nSPS) is 15.6. The quantitative estimate of drug-likeness (QED) is 0.890. The Kier molecular flexibility index (Phi) is 5.18. The van der Waals surface area contributed by atoms with Gasteiger partial charge in [-0.05, 0) is 43.6 Å². The van der Waals surface area contributed by atoms with E-state index in [0.29, 0.717) is 0 Å². The molecule has 5 heteroatoms. The molecule has 5 nitrogen and oxygen atoms in total. The van der Waals surface area contributed by atoms with Gasteiger partial charge in [-0.1, -0.05) is 12.5 Å². The van der Waals surface area contributed by atoms with Crippen LogP contribution in [0.3, 0.4) is 0 Å². The number of benzene rings is 1. The van der Waals surface area contributed by atoms with E-state index in [1.165, 1.54) is 43.5 Å². The fourth-order valence-electron chi connectivity index (χ4n) is 3.14. The lowest BCUT2D eigenvalue weighted by Crippen LogP contribution is -2.29. The lowest BCUT2D eigenvalue weighted by molar-refractivity contribution is 0.218. The van der Waals surface area contributed by atoms with Crippen molar-refractivity contribution in [3.05, 3.63) is 41.7 Å². The summed E-state index contributed by atoms with van der Waals surface area (Å²) in [6.45, 7) is 4.16. The molecule has 0 saturated carbocycles. The van der Waals surface area contributed by atoms with Gasteiger partial charge < -0.3 is 10.1 Å². The first-order valence-electron chi connectivity index (χ1n) is 8.35. The maximum Gasteiger partial charge on any atom is 0.123 e. The SMILES string of the molecule is COc1ccc(CNc2cnn(C)c2)cc1CN1CCCCC1. The Morgan fingerprint density at radius 3 is 2.74 bits per heavy atom. The van der Waals surface area contributed by atoms with Crippen molar-refractivity contribution >= 4 is 5.69 Å². The van der Waals surface area contributed by atoms with Gasteiger partial charge in [0.2, 0.25) is 0 Å². The summed E-state index contributed by atoms with van der Waals surface area (Å²) in [5.74, 6) is 0.987. The van der Waals surface area contributed by atoms with Crippen molar-refractivity contribution in [2.75, 3.05) is 25.5 Å². The fraction of sp³-hybridized carbons (Fsp3) is 0.500. The van der Waals surface area contributed by atoms with Crippen LogP contribution in [0.15, 0.2) is 30.6 Å². The van der Waals surface area contributed by atoms with Crippen LogP contribution in [-0.2, 0) is 20.1 Å². The maximum atomic E-state index is 5.55. The maximum absolute atomic E-state index is 5.55. The topological polar surface area (TPSA) is 42.3 Å². The van der Waals surface area contributed by atoms with E-state index < -0.39 is 0 Å². The summed E-state index contributed by atoms with van der Waals surface area (Å²) in [5.41, 5.74) is 3.59. The van der Waals surface area contributed by atoms with Gasteiger partial charge in [-0.25, -0.2) is 0 Å². The summed E-state index contributed by atoms with van der Waals surface area (Å²) in [5, 5.41) is 7.59. The van der Waals surface area contributed by atoms with Crippen molar-refractivity contribution in [2.45, 2.75) is 32.4 Å². The monoisotopic (exact) mass is 314 g/mol. The number of hydrogen-bond donors (Lipinski definition) is 1. The Bertz CT molecular complexity index is 632. The molecule has 1 aliphatic rings. The van der Waals surface area contributed by atoms with E-state index in [1.54, 1.807) is 11.8 Å². The number of nitrogens with one attached hydrogen (secondary N) is 1. The second kappa shape index (κ2) is 7.51. The number of methoxy groups -OCH3 is 1. The Morgan fingerprint density at radius 1 is 1.22 bits per heavy atom. The third-order valence-corrected chi connectivity index (χ3v) is 4.39. The average Bonchev–Trinajstić information content (AvgIpc) is 3.00. The zero-order valence-corrected chi connectivity index (χ0v) is 14.1. The van der Waals surface area contributed by atoms with Crippen LogP contribution < -0.4 is 10.1 Å². The molecule has 3 rings (SSSR count). The van der Waals surface area contributed by atoms with Crippen LogP contribution in [0.25, 0.3) is 0 Å². The number of piperidine rings is 1. The van der Waals surface area contributed by atoms with E-state index in [-0.39, 0.29) is 0 Å². The predicted octanol–water partition coefficient (Wildman–Crippen LogP) is 3.03. The van der Waals surface area contributed by atoms with Gasteiger partial charge in [0.05, 0.1) is 19.0 Å². The molecule has 0 radical (unpaired) electrons. The van der Waals surface area contributed by atoms with Crippen LogP contribution in [0.1, 0.15) is 30.4 Å². The molecule has 0 bridgehead atoms. The first-order valence-corrected chi connectivity index (χ1v) is 8.35. The van der Waals surface area contributed by atoms with Crippen molar-refractivity contribution in [1.82, 2.24) is 14.7 Å². The summed E-state index contributed by atoms with van der Waals surface area (Å²) in [7, 11) is 3.68. The summed E-state index contributed by atoms with van der Waals surface area (Å²) >= 11 is 0. The van der Waals surface area contributed by atoms with Crippen LogP contribution in [0.4, 0.5) is 5.69 Å². The summed E-state index contributed by atoms with van der Waals surface area (Å²) in [6.07, 6.45) is 7.81. The molecule has 1 fully saturated rings. The molecule has 0 aliphatic carbocycles. The summed E-state index contributed by atoms with van der Waals surface area (Å²) in [6, 6.07) is 6.47. The highest BCUT2D eigenvalue weighted by atomic mass is 16.5. The minimum absolute atomic E-state index is 0.794. The standard InChI is InChI=1S/C18H26N4O/c1-21-14-17(12-20-21)19-11-15-6-7-18(23-2)16(10-15)13-22-8-4-3-5-9-22/h6-7,10,12,14,19H,3-5,8-9,11,13H2,1-2H3. The van der Waals surface area contributed by atoms with Gasteiger partial charge in [0.25, 0.3) is 0 Å². The van der Waals surface area contributed by atoms with Crippen molar-refractivity contribution in [3.63, 3.8) is 0 Å². The Morgan fingerprint density at radius 2 is 2.04 bits per heavy atom. The van der Waals surface area contributed by atoms with Gasteiger partial charge in [0, 0.05) is 31.9 Å². The van der Waals surface area contributed by atoms with Crippen LogP contribution >= 0.6 is 0 Å². The van der Waals surface area contributed by atoms with Crippen molar-refractivity contribution < 1.29 is 4.74 Å². The van der Waals surface area contributed by atoms with Gasteiger partial charge in [-0.15, -0.1) is 0 Å². The molecule has 124 valence electrons. The van der Waals surface area contributed by atoms with E-state index >= 15 is 0 Å². The van der Waals surface area contributed by atoms with E-state index in [2.05, 4.69) is 33.5 Å². The predicted molar refractivity (Wildman–Crippen MR) is 92.7 cm³/mol. The molecule has 2 heterocycles. The van der Waals surface area contributed by atoms with Crippen LogP contribution in [-0.4, -0.2) is 34.9 Å². The summed E-state index contributed by atoms with van der Waals surface area (Å²) in [4.78, 5) is 2.53. The fourth-order valence-corrected chi connectivity index (χ4v) is 3.14. The van der Waals surface area contributed by atoms with E-state index in [1.807, 2.05) is 19.4 Å². The molecule has 0 atom stereocenters. The molecule has 1 N–H and O–H groups in total. The number of ether oxygens (including phenoxy) is 1. The van der Waals surface area contributed by atoms with E-state index in [0.717, 1.165) is 24.5 Å². The molecular weight excluding hydrogens is 288 g/mol. The van der Waals surface area contributed by atoms with Crippen LogP contribution in [0.5, 0.6) is 5.75 Å². The van der Waals surface area contributed by atoms with Crippen LogP contribution in [0, 0.1) is 0 Å². The third-order valence-electron chi connectivity index (χ3n) is 4.39. The molecule has 1 aromatic carbocycles. The second-order valence-corrected chi connectivity index (χ2v) is 6.24. The van der Waals surface area contributed by atoms with Crippen molar-refractivity contribution in [3.8, 4) is 5.75 Å². The van der Waals surface area contributed by atoms with Gasteiger partial charge >= 0.3 is 0 Å². The van der Waals surface area contributed by atoms with Gasteiger partial charge in [-0.2, -0.15) is 5.10 Å². The third kappa shape index (κ3) is 4.26. The Labute approximate surface area is 138 Å². The zero-order chi connectivity index (χ0) is 16.1. The largest absolute Gasteiger partial charge is 0.496 e. The molecule has 1 saturated heterocycles. The average molecular weight is 314 g/mol. The van der Waals surface area contributed by atoms with Crippen LogP contribution in [0.2, 0.25) is 0 Å². The van der Waals surface area contributed by atoms with Gasteiger partial charge in [0.1, 0.15) is 5.75 Å². The van der Waals surface area contributed by atoms with Crippen molar-refractivity contribution in [2.24, 2.45) is 7.05 Å². The lowest BCUT2D eigenvalue weighted by atomic mass is 10.1. The highest BCUT2D eigenvalue weighted by Gasteiger charge is 2.13. The zero-order valence-electron chi connectivity index (χ0n) is 14.1. The molecule has 0 spiro atoms. The highest BCUT2D eigenvalue weighted by Crippen LogP contribution is 2.23. The number of anilines is 1. The number of aromatic nitrogens is 2. The summed E-state index contributed by atoms with van der Waals surface area (Å²) < 4.78 is 7.35. The molecule has 2 aromatic rings. The molecule has 1 aliphatic heterocycles. The second-order valence-electron chi connectivity index (χ2n) is 6.24. The Balaban J connectivity index is 1.67. The number of hydrogen-bond acceptors (Lipinski definition) is 4. The number of rotatable bonds is 6. The smallest absolute Gasteiger partial charge is 0.123 e. The van der Waals surface area contributed by atoms with Gasteiger partial charge in [-0.3, -0.25) is 9.58 Å². The van der Waals surface area contributed by atoms with E-state index in [4.69, 9.17) is 4.74 Å². The lowest BCUT2D eigenvalue weighted by Gasteiger charge is -2.27. The van der Waals surface area contributed by atoms with Crippen molar-refractivity contribution in [1.29, 1.82) is 0 Å². The molecule has 0 amide bonds. The number of nitrogens with zero attached hydrogens (tertiary/aromatic N) is 3. The molecule has 23 heavy (non-hydrogen) atoms. The minimum Gasteiger partial charge on any atom is -0.496 e. The minimum atomic E-state index is 0.794. The molecular formula is C18H26N4O. The molecule has 0 unspecified atom stereocenters. The van der Waals surface area contributed by atoms with E-state index in [9.17, 15) is 0 Å². The molecule has 1 aromatic heterocycles. The van der Waals surface area contributed by atoms with Gasteiger partial charge in [0.15, 0.2) is 0 Å². The number of aryl methyl sites for hydroxylation is 1. The first kappa shape index (κ1) is 15.9. The number of likely N-dealkylation sites (tertiary alicyclic amines) is 1. The highest BCUT2D eigenvalue weighted by molar-refractivity contribution is 5.42. The first-order chi connectivity index (χ1) is 11.2. The Hall–Kier alpha value is -2.01.